The molecule has 0 aliphatic heterocycles. The van der Waals surface area contributed by atoms with E-state index in [1.54, 1.807) is 0 Å². The van der Waals surface area contributed by atoms with Crippen LogP contribution in [0.3, 0.4) is 0 Å². The zero-order chi connectivity index (χ0) is 9.97. The zero-order valence-corrected chi connectivity index (χ0v) is 7.83. The quantitative estimate of drug-likeness (QED) is 0.668. The number of halogens is 1. The molecule has 0 amide bonds. The van der Waals surface area contributed by atoms with Crippen molar-refractivity contribution in [2.75, 3.05) is 6.67 Å². The molecule has 0 radical (unpaired) electrons. The Balaban J connectivity index is 2.56. The van der Waals surface area contributed by atoms with Gasteiger partial charge in [-0.2, -0.15) is 0 Å². The number of rotatable bonds is 2. The zero-order valence-electron chi connectivity index (χ0n) is 7.83. The summed E-state index contributed by atoms with van der Waals surface area (Å²) in [6, 6.07) is 13.9. The second-order valence-corrected chi connectivity index (χ2v) is 3.30. The summed E-state index contributed by atoms with van der Waals surface area (Å²) in [6.45, 7) is 3.19. The highest BCUT2D eigenvalue weighted by Gasteiger charge is 1.99. The van der Waals surface area contributed by atoms with Crippen LogP contribution in [0.1, 0.15) is 5.56 Å². The Morgan fingerprint density at radius 2 is 1.79 bits per heavy atom. The van der Waals surface area contributed by atoms with E-state index in [9.17, 15) is 4.39 Å². The summed E-state index contributed by atoms with van der Waals surface area (Å²) in [5, 5.41) is 2.29. The van der Waals surface area contributed by atoms with Crippen LogP contribution in [0.2, 0.25) is 0 Å². The van der Waals surface area contributed by atoms with Crippen molar-refractivity contribution in [3.8, 4) is 0 Å². The van der Waals surface area contributed by atoms with E-state index in [1.807, 2.05) is 42.5 Å². The van der Waals surface area contributed by atoms with E-state index in [0.29, 0.717) is 5.57 Å². The van der Waals surface area contributed by atoms with Crippen LogP contribution in [0.5, 0.6) is 0 Å². The van der Waals surface area contributed by atoms with Crippen LogP contribution >= 0.6 is 0 Å². The monoisotopic (exact) mass is 186 g/mol. The molecule has 0 atom stereocenters. The minimum Gasteiger partial charge on any atom is -0.246 e. The molecule has 0 fully saturated rings. The highest BCUT2D eigenvalue weighted by Crippen LogP contribution is 2.20. The van der Waals surface area contributed by atoms with Gasteiger partial charge in [-0.3, -0.25) is 0 Å². The van der Waals surface area contributed by atoms with Crippen molar-refractivity contribution >= 4 is 16.3 Å². The topological polar surface area (TPSA) is 0 Å². The summed E-state index contributed by atoms with van der Waals surface area (Å²) in [7, 11) is 0. The van der Waals surface area contributed by atoms with Crippen LogP contribution < -0.4 is 0 Å². The van der Waals surface area contributed by atoms with Crippen LogP contribution in [0.4, 0.5) is 4.39 Å². The lowest BCUT2D eigenvalue weighted by atomic mass is 10.0. The molecular formula is C13H11F. The van der Waals surface area contributed by atoms with Gasteiger partial charge in [-0.15, -0.1) is 0 Å². The molecule has 0 spiro atoms. The molecule has 14 heavy (non-hydrogen) atoms. The third-order valence-corrected chi connectivity index (χ3v) is 2.32. The predicted molar refractivity (Wildman–Crippen MR) is 59.0 cm³/mol. The molecule has 0 N–H and O–H groups in total. The molecule has 1 heteroatoms. The average molecular weight is 186 g/mol. The number of alkyl halides is 1. The first-order chi connectivity index (χ1) is 6.81. The maximum atomic E-state index is 12.4. The Morgan fingerprint density at radius 1 is 1.07 bits per heavy atom. The third kappa shape index (κ3) is 1.53. The largest absolute Gasteiger partial charge is 0.246 e. The van der Waals surface area contributed by atoms with Crippen molar-refractivity contribution in [2.45, 2.75) is 0 Å². The first kappa shape index (κ1) is 8.95. The highest BCUT2D eigenvalue weighted by atomic mass is 19.1. The van der Waals surface area contributed by atoms with Gasteiger partial charge in [-0.05, 0) is 28.0 Å². The van der Waals surface area contributed by atoms with Crippen LogP contribution in [-0.2, 0) is 0 Å². The van der Waals surface area contributed by atoms with Gasteiger partial charge in [0.25, 0.3) is 0 Å². The van der Waals surface area contributed by atoms with Crippen molar-refractivity contribution in [3.05, 3.63) is 54.6 Å². The Kier molecular flexibility index (Phi) is 2.32. The molecule has 0 saturated carbocycles. The first-order valence-electron chi connectivity index (χ1n) is 4.54. The van der Waals surface area contributed by atoms with Crippen molar-refractivity contribution in [1.29, 1.82) is 0 Å². The Bertz CT molecular complexity index is 471. The standard InChI is InChI=1S/C13H11F/c1-10(9-14)12-7-6-11-4-2-3-5-13(11)8-12/h2-8H,1,9H2. The second-order valence-electron chi connectivity index (χ2n) is 3.30. The van der Waals surface area contributed by atoms with Gasteiger partial charge in [-0.1, -0.05) is 43.0 Å². The van der Waals surface area contributed by atoms with Crippen LogP contribution in [-0.4, -0.2) is 6.67 Å². The highest BCUT2D eigenvalue weighted by molar-refractivity contribution is 5.86. The molecule has 70 valence electrons. The smallest absolute Gasteiger partial charge is 0.115 e. The Hall–Kier alpha value is -1.63. The lowest BCUT2D eigenvalue weighted by Crippen LogP contribution is -1.84. The van der Waals surface area contributed by atoms with Crippen molar-refractivity contribution in [1.82, 2.24) is 0 Å². The van der Waals surface area contributed by atoms with Gasteiger partial charge in [0.2, 0.25) is 0 Å². The minimum atomic E-state index is -0.488. The Morgan fingerprint density at radius 3 is 2.50 bits per heavy atom. The first-order valence-corrected chi connectivity index (χ1v) is 4.54. The van der Waals surface area contributed by atoms with Crippen LogP contribution in [0, 0.1) is 0 Å². The number of hydrogen-bond acceptors (Lipinski definition) is 0. The minimum absolute atomic E-state index is 0.488. The molecule has 0 bridgehead atoms. The van der Waals surface area contributed by atoms with E-state index in [0.717, 1.165) is 10.9 Å². The summed E-state index contributed by atoms with van der Waals surface area (Å²) in [5.74, 6) is 0. The summed E-state index contributed by atoms with van der Waals surface area (Å²) in [5.41, 5.74) is 1.42. The van der Waals surface area contributed by atoms with E-state index in [2.05, 4.69) is 6.58 Å². The van der Waals surface area contributed by atoms with Crippen LogP contribution in [0.25, 0.3) is 16.3 Å². The van der Waals surface area contributed by atoms with E-state index in [-0.39, 0.29) is 0 Å². The molecule has 0 aromatic heterocycles. The molecular weight excluding hydrogens is 175 g/mol. The molecule has 0 saturated heterocycles. The summed E-state index contributed by atoms with van der Waals surface area (Å²) in [4.78, 5) is 0. The van der Waals surface area contributed by atoms with E-state index in [1.165, 1.54) is 5.39 Å². The molecule has 2 aromatic carbocycles. The fraction of sp³-hybridized carbons (Fsp3) is 0.0769. The van der Waals surface area contributed by atoms with Gasteiger partial charge in [0.05, 0.1) is 0 Å². The SMILES string of the molecule is C=C(CF)c1ccc2ccccc2c1. The van der Waals surface area contributed by atoms with Crippen LogP contribution in [0.15, 0.2) is 49.0 Å². The second kappa shape index (κ2) is 3.62. The van der Waals surface area contributed by atoms with E-state index < -0.39 is 6.67 Å². The summed E-state index contributed by atoms with van der Waals surface area (Å²) >= 11 is 0. The molecule has 0 unspecified atom stereocenters. The fourth-order valence-electron chi connectivity index (χ4n) is 1.49. The van der Waals surface area contributed by atoms with Crippen molar-refractivity contribution in [2.24, 2.45) is 0 Å². The fourth-order valence-corrected chi connectivity index (χ4v) is 1.49. The molecule has 0 aliphatic carbocycles. The van der Waals surface area contributed by atoms with E-state index >= 15 is 0 Å². The summed E-state index contributed by atoms with van der Waals surface area (Å²) in [6.07, 6.45) is 0. The third-order valence-electron chi connectivity index (χ3n) is 2.32. The lowest BCUT2D eigenvalue weighted by Gasteiger charge is -2.03. The van der Waals surface area contributed by atoms with Gasteiger partial charge in [0.15, 0.2) is 0 Å². The number of hydrogen-bond donors (Lipinski definition) is 0. The van der Waals surface area contributed by atoms with Gasteiger partial charge in [0, 0.05) is 0 Å². The average Bonchev–Trinajstić information content (AvgIpc) is 2.27. The molecule has 0 heterocycles. The number of allylic oxidation sites excluding steroid dienone is 1. The predicted octanol–water partition coefficient (Wildman–Crippen LogP) is 3.82. The van der Waals surface area contributed by atoms with Gasteiger partial charge < -0.3 is 0 Å². The van der Waals surface area contributed by atoms with Gasteiger partial charge in [0.1, 0.15) is 6.67 Å². The van der Waals surface area contributed by atoms with E-state index in [4.69, 9.17) is 0 Å². The van der Waals surface area contributed by atoms with Crippen molar-refractivity contribution in [3.63, 3.8) is 0 Å². The lowest BCUT2D eigenvalue weighted by molar-refractivity contribution is 0.572. The molecule has 0 nitrogen and oxygen atoms in total. The molecule has 2 rings (SSSR count). The molecule has 2 aromatic rings. The number of benzene rings is 2. The maximum absolute atomic E-state index is 12.4. The normalized spacial score (nSPS) is 10.4. The number of fused-ring (bicyclic) bond motifs is 1. The molecule has 0 aliphatic rings. The summed E-state index contributed by atoms with van der Waals surface area (Å²) < 4.78 is 12.4. The van der Waals surface area contributed by atoms with Gasteiger partial charge in [-0.25, -0.2) is 4.39 Å². The van der Waals surface area contributed by atoms with Crippen molar-refractivity contribution < 1.29 is 4.39 Å². The Labute approximate surface area is 82.7 Å². The van der Waals surface area contributed by atoms with Gasteiger partial charge >= 0.3 is 0 Å². The maximum Gasteiger partial charge on any atom is 0.115 e.